The minimum absolute atomic E-state index is 0.0371. The summed E-state index contributed by atoms with van der Waals surface area (Å²) in [5.41, 5.74) is 1.09. The SMILES string of the molecule is COc1ccccc1OCC(=O)NC(c1ccccc1)C(C)C. The van der Waals surface area contributed by atoms with Gasteiger partial charge in [-0.05, 0) is 23.6 Å². The summed E-state index contributed by atoms with van der Waals surface area (Å²) in [4.78, 5) is 12.2. The molecule has 2 aromatic carbocycles. The molecule has 0 radical (unpaired) electrons. The van der Waals surface area contributed by atoms with E-state index in [0.29, 0.717) is 11.5 Å². The summed E-state index contributed by atoms with van der Waals surface area (Å²) in [6.45, 7) is 4.12. The Kier molecular flexibility index (Phi) is 6.03. The largest absolute Gasteiger partial charge is 0.493 e. The fraction of sp³-hybridized carbons (Fsp3) is 0.316. The van der Waals surface area contributed by atoms with Crippen molar-refractivity contribution in [2.45, 2.75) is 19.9 Å². The molecule has 1 atom stereocenters. The molecule has 0 saturated heterocycles. The molecule has 4 nitrogen and oxygen atoms in total. The molecule has 0 aliphatic heterocycles. The van der Waals surface area contributed by atoms with Gasteiger partial charge in [0.05, 0.1) is 13.2 Å². The summed E-state index contributed by atoms with van der Waals surface area (Å²) in [5, 5.41) is 3.04. The molecular weight excluding hydrogens is 290 g/mol. The molecule has 1 N–H and O–H groups in total. The second kappa shape index (κ2) is 8.22. The molecule has 0 spiro atoms. The minimum atomic E-state index is -0.154. The average Bonchev–Trinajstić information content (AvgIpc) is 2.58. The summed E-state index contributed by atoms with van der Waals surface area (Å²) >= 11 is 0. The second-order valence-electron chi connectivity index (χ2n) is 5.64. The van der Waals surface area contributed by atoms with Gasteiger partial charge in [0.15, 0.2) is 18.1 Å². The summed E-state index contributed by atoms with van der Waals surface area (Å²) in [7, 11) is 1.58. The van der Waals surface area contributed by atoms with Crippen molar-refractivity contribution in [2.24, 2.45) is 5.92 Å². The van der Waals surface area contributed by atoms with Gasteiger partial charge in [-0.25, -0.2) is 0 Å². The monoisotopic (exact) mass is 313 g/mol. The lowest BCUT2D eigenvalue weighted by molar-refractivity contribution is -0.124. The quantitative estimate of drug-likeness (QED) is 0.850. The Morgan fingerprint density at radius 1 is 1.00 bits per heavy atom. The first kappa shape index (κ1) is 16.9. The summed E-state index contributed by atoms with van der Waals surface area (Å²) in [6.07, 6.45) is 0. The van der Waals surface area contributed by atoms with Crippen molar-refractivity contribution in [3.8, 4) is 11.5 Å². The molecule has 0 aromatic heterocycles. The predicted octanol–water partition coefficient (Wildman–Crippen LogP) is 3.59. The van der Waals surface area contributed by atoms with Crippen molar-refractivity contribution >= 4 is 5.91 Å². The van der Waals surface area contributed by atoms with Crippen LogP contribution in [0.2, 0.25) is 0 Å². The van der Waals surface area contributed by atoms with E-state index in [2.05, 4.69) is 19.2 Å². The molecule has 0 bridgehead atoms. The molecule has 122 valence electrons. The van der Waals surface area contributed by atoms with Crippen LogP contribution in [-0.2, 0) is 4.79 Å². The van der Waals surface area contributed by atoms with Gasteiger partial charge in [0.1, 0.15) is 0 Å². The van der Waals surface area contributed by atoms with Crippen LogP contribution in [0.25, 0.3) is 0 Å². The highest BCUT2D eigenvalue weighted by atomic mass is 16.5. The molecule has 0 saturated carbocycles. The summed E-state index contributed by atoms with van der Waals surface area (Å²) in [6, 6.07) is 17.2. The molecule has 2 aromatic rings. The summed E-state index contributed by atoms with van der Waals surface area (Å²) < 4.78 is 10.8. The summed E-state index contributed by atoms with van der Waals surface area (Å²) in [5.74, 6) is 1.31. The molecule has 1 amide bonds. The average molecular weight is 313 g/mol. The number of rotatable bonds is 7. The van der Waals surface area contributed by atoms with Crippen molar-refractivity contribution in [1.82, 2.24) is 5.32 Å². The molecule has 0 aliphatic carbocycles. The lowest BCUT2D eigenvalue weighted by atomic mass is 9.96. The topological polar surface area (TPSA) is 47.6 Å². The Bertz CT molecular complexity index is 626. The van der Waals surface area contributed by atoms with Crippen LogP contribution < -0.4 is 14.8 Å². The van der Waals surface area contributed by atoms with Gasteiger partial charge in [0, 0.05) is 0 Å². The molecule has 23 heavy (non-hydrogen) atoms. The zero-order valence-electron chi connectivity index (χ0n) is 13.8. The van der Waals surface area contributed by atoms with E-state index in [0.717, 1.165) is 5.56 Å². The van der Waals surface area contributed by atoms with Crippen molar-refractivity contribution in [3.63, 3.8) is 0 Å². The first-order valence-corrected chi connectivity index (χ1v) is 7.72. The predicted molar refractivity (Wildman–Crippen MR) is 90.7 cm³/mol. The lowest BCUT2D eigenvalue weighted by Gasteiger charge is -2.23. The van der Waals surface area contributed by atoms with Crippen molar-refractivity contribution < 1.29 is 14.3 Å². The third-order valence-electron chi connectivity index (χ3n) is 3.57. The van der Waals surface area contributed by atoms with Crippen LogP contribution in [-0.4, -0.2) is 19.6 Å². The van der Waals surface area contributed by atoms with Crippen LogP contribution in [0, 0.1) is 5.92 Å². The third-order valence-corrected chi connectivity index (χ3v) is 3.57. The normalized spacial score (nSPS) is 11.8. The smallest absolute Gasteiger partial charge is 0.258 e. The molecule has 1 unspecified atom stereocenters. The minimum Gasteiger partial charge on any atom is -0.493 e. The van der Waals surface area contributed by atoms with Crippen LogP contribution >= 0.6 is 0 Å². The third kappa shape index (κ3) is 4.74. The van der Waals surface area contributed by atoms with Gasteiger partial charge >= 0.3 is 0 Å². The Labute approximate surface area is 137 Å². The number of nitrogens with one attached hydrogen (secondary N) is 1. The van der Waals surface area contributed by atoms with Gasteiger partial charge in [-0.15, -0.1) is 0 Å². The van der Waals surface area contributed by atoms with Gasteiger partial charge in [0.2, 0.25) is 0 Å². The van der Waals surface area contributed by atoms with E-state index in [-0.39, 0.29) is 24.5 Å². The molecule has 0 fully saturated rings. The molecular formula is C19H23NO3. The zero-order valence-corrected chi connectivity index (χ0v) is 13.8. The molecule has 2 rings (SSSR count). The van der Waals surface area contributed by atoms with Crippen molar-refractivity contribution in [2.75, 3.05) is 13.7 Å². The van der Waals surface area contributed by atoms with E-state index in [9.17, 15) is 4.79 Å². The van der Waals surface area contributed by atoms with E-state index in [1.165, 1.54) is 0 Å². The zero-order chi connectivity index (χ0) is 16.7. The number of ether oxygens (including phenoxy) is 2. The Hall–Kier alpha value is -2.49. The highest BCUT2D eigenvalue weighted by molar-refractivity contribution is 5.78. The fourth-order valence-electron chi connectivity index (χ4n) is 2.39. The standard InChI is InChI=1S/C19H23NO3/c1-14(2)19(15-9-5-4-6-10-15)20-18(21)13-23-17-12-8-7-11-16(17)22-3/h4-12,14,19H,13H2,1-3H3,(H,20,21). The van der Waals surface area contributed by atoms with E-state index < -0.39 is 0 Å². The van der Waals surface area contributed by atoms with Gasteiger partial charge < -0.3 is 14.8 Å². The van der Waals surface area contributed by atoms with Crippen LogP contribution in [0.4, 0.5) is 0 Å². The second-order valence-corrected chi connectivity index (χ2v) is 5.64. The van der Waals surface area contributed by atoms with E-state index in [1.807, 2.05) is 42.5 Å². The maximum absolute atomic E-state index is 12.2. The number of amides is 1. The number of benzene rings is 2. The first-order chi connectivity index (χ1) is 11.1. The van der Waals surface area contributed by atoms with Crippen LogP contribution in [0.1, 0.15) is 25.5 Å². The lowest BCUT2D eigenvalue weighted by Crippen LogP contribution is -2.35. The van der Waals surface area contributed by atoms with Gasteiger partial charge in [0.25, 0.3) is 5.91 Å². The van der Waals surface area contributed by atoms with Gasteiger partial charge in [-0.1, -0.05) is 56.3 Å². The van der Waals surface area contributed by atoms with Crippen molar-refractivity contribution in [1.29, 1.82) is 0 Å². The number of hydrogen-bond donors (Lipinski definition) is 1. The van der Waals surface area contributed by atoms with Gasteiger partial charge in [-0.2, -0.15) is 0 Å². The molecule has 0 heterocycles. The number of methoxy groups -OCH3 is 1. The molecule has 0 aliphatic rings. The van der Waals surface area contributed by atoms with Crippen LogP contribution in [0.3, 0.4) is 0 Å². The number of para-hydroxylation sites is 2. The van der Waals surface area contributed by atoms with E-state index in [4.69, 9.17) is 9.47 Å². The maximum Gasteiger partial charge on any atom is 0.258 e. The Morgan fingerprint density at radius 2 is 1.61 bits per heavy atom. The number of carbonyl (C=O) groups is 1. The van der Waals surface area contributed by atoms with Crippen molar-refractivity contribution in [3.05, 3.63) is 60.2 Å². The van der Waals surface area contributed by atoms with E-state index >= 15 is 0 Å². The first-order valence-electron chi connectivity index (χ1n) is 7.72. The maximum atomic E-state index is 12.2. The van der Waals surface area contributed by atoms with Gasteiger partial charge in [-0.3, -0.25) is 4.79 Å². The highest BCUT2D eigenvalue weighted by Gasteiger charge is 2.18. The Morgan fingerprint density at radius 3 is 2.22 bits per heavy atom. The van der Waals surface area contributed by atoms with Crippen LogP contribution in [0.5, 0.6) is 11.5 Å². The number of carbonyl (C=O) groups excluding carboxylic acids is 1. The van der Waals surface area contributed by atoms with Crippen LogP contribution in [0.15, 0.2) is 54.6 Å². The highest BCUT2D eigenvalue weighted by Crippen LogP contribution is 2.26. The fourth-order valence-corrected chi connectivity index (χ4v) is 2.39. The van der Waals surface area contributed by atoms with E-state index in [1.54, 1.807) is 19.2 Å². The Balaban J connectivity index is 1.97. The number of hydrogen-bond acceptors (Lipinski definition) is 3. The molecule has 4 heteroatoms.